The maximum Gasteiger partial charge on any atom is 0.141 e. The van der Waals surface area contributed by atoms with Crippen molar-refractivity contribution in [3.05, 3.63) is 64.0 Å². The van der Waals surface area contributed by atoms with E-state index >= 15 is 0 Å². The first kappa shape index (κ1) is 14.4. The van der Waals surface area contributed by atoms with Crippen LogP contribution in [0.1, 0.15) is 11.1 Å². The molecule has 0 saturated carbocycles. The molecule has 0 aliphatic carbocycles. The molecule has 0 unspecified atom stereocenters. The molecule has 3 aromatic rings. The van der Waals surface area contributed by atoms with Crippen LogP contribution in [0.2, 0.25) is 5.02 Å². The normalized spacial score (nSPS) is 11.0. The van der Waals surface area contributed by atoms with Gasteiger partial charge in [-0.1, -0.05) is 41.9 Å². The second-order valence-electron chi connectivity index (χ2n) is 4.81. The molecule has 1 aromatic heterocycles. The van der Waals surface area contributed by atoms with Crippen molar-refractivity contribution in [1.29, 1.82) is 0 Å². The van der Waals surface area contributed by atoms with Gasteiger partial charge in [0.05, 0.1) is 5.02 Å². The highest BCUT2D eigenvalue weighted by Gasteiger charge is 2.10. The van der Waals surface area contributed by atoms with Crippen LogP contribution >= 0.6 is 22.9 Å². The average Bonchev–Trinajstić information content (AvgIpc) is 2.90. The maximum atomic E-state index is 6.26. The Kier molecular flexibility index (Phi) is 4.44. The van der Waals surface area contributed by atoms with Crippen molar-refractivity contribution < 1.29 is 4.74 Å². The highest BCUT2D eigenvalue weighted by atomic mass is 35.5. The van der Waals surface area contributed by atoms with Gasteiger partial charge in [-0.05, 0) is 41.4 Å². The molecular weight excluding hydrogens is 302 g/mol. The van der Waals surface area contributed by atoms with Gasteiger partial charge in [0.15, 0.2) is 0 Å². The molecule has 0 atom stereocenters. The lowest BCUT2D eigenvalue weighted by Gasteiger charge is -2.12. The first-order valence-corrected chi connectivity index (χ1v) is 8.10. The zero-order valence-electron chi connectivity index (χ0n) is 11.5. The van der Waals surface area contributed by atoms with Crippen molar-refractivity contribution in [3.63, 3.8) is 0 Å². The number of benzene rings is 2. The van der Waals surface area contributed by atoms with Crippen molar-refractivity contribution in [3.8, 4) is 5.75 Å². The van der Waals surface area contributed by atoms with E-state index in [0.717, 1.165) is 17.7 Å². The zero-order chi connectivity index (χ0) is 14.7. The van der Waals surface area contributed by atoms with Gasteiger partial charge in [0.1, 0.15) is 12.4 Å². The maximum absolute atomic E-state index is 6.26. The Balaban J connectivity index is 1.85. The van der Waals surface area contributed by atoms with Crippen LogP contribution in [0.4, 0.5) is 0 Å². The molecule has 0 spiro atoms. The van der Waals surface area contributed by atoms with Gasteiger partial charge >= 0.3 is 0 Å². The molecule has 108 valence electrons. The molecule has 2 nitrogen and oxygen atoms in total. The number of rotatable bonds is 5. The Morgan fingerprint density at radius 1 is 1.05 bits per heavy atom. The van der Waals surface area contributed by atoms with Crippen molar-refractivity contribution >= 4 is 33.0 Å². The molecule has 0 saturated heterocycles. The number of para-hydroxylation sites is 1. The SMILES string of the molecule is NCCc1cccc(Cl)c1OCc1csc2ccccc12. The molecule has 1 heterocycles. The summed E-state index contributed by atoms with van der Waals surface area (Å²) in [5.41, 5.74) is 7.90. The van der Waals surface area contributed by atoms with E-state index in [1.165, 1.54) is 15.6 Å². The molecule has 0 radical (unpaired) electrons. The molecule has 3 rings (SSSR count). The van der Waals surface area contributed by atoms with E-state index in [1.54, 1.807) is 11.3 Å². The summed E-state index contributed by atoms with van der Waals surface area (Å²) in [5.74, 6) is 0.750. The molecule has 0 fully saturated rings. The molecule has 0 bridgehead atoms. The molecule has 2 N–H and O–H groups in total. The molecular formula is C17H16ClNOS. The number of nitrogens with two attached hydrogens (primary N) is 1. The highest BCUT2D eigenvalue weighted by Crippen LogP contribution is 2.31. The highest BCUT2D eigenvalue weighted by molar-refractivity contribution is 7.17. The average molecular weight is 318 g/mol. The van der Waals surface area contributed by atoms with Crippen molar-refractivity contribution in [2.75, 3.05) is 6.54 Å². The summed E-state index contributed by atoms with van der Waals surface area (Å²) in [6, 6.07) is 14.1. The molecule has 21 heavy (non-hydrogen) atoms. The van der Waals surface area contributed by atoms with E-state index in [1.807, 2.05) is 24.3 Å². The van der Waals surface area contributed by atoms with Gasteiger partial charge in [0.2, 0.25) is 0 Å². The lowest BCUT2D eigenvalue weighted by atomic mass is 10.1. The number of halogens is 1. The molecule has 2 aromatic carbocycles. The zero-order valence-corrected chi connectivity index (χ0v) is 13.1. The fourth-order valence-corrected chi connectivity index (χ4v) is 3.56. The van der Waals surface area contributed by atoms with Crippen LogP contribution in [0.3, 0.4) is 0 Å². The second kappa shape index (κ2) is 6.48. The van der Waals surface area contributed by atoms with Crippen LogP contribution in [0.5, 0.6) is 5.75 Å². The number of thiophene rings is 1. The van der Waals surface area contributed by atoms with E-state index < -0.39 is 0 Å². The van der Waals surface area contributed by atoms with Gasteiger partial charge in [0.25, 0.3) is 0 Å². The van der Waals surface area contributed by atoms with Crippen LogP contribution in [0.15, 0.2) is 47.8 Å². The Morgan fingerprint density at radius 3 is 2.76 bits per heavy atom. The topological polar surface area (TPSA) is 35.2 Å². The van der Waals surface area contributed by atoms with Crippen LogP contribution in [-0.4, -0.2) is 6.54 Å². The van der Waals surface area contributed by atoms with E-state index in [-0.39, 0.29) is 0 Å². The minimum Gasteiger partial charge on any atom is -0.487 e. The third-order valence-electron chi connectivity index (χ3n) is 3.40. The summed E-state index contributed by atoms with van der Waals surface area (Å²) in [5, 5.41) is 4.03. The lowest BCUT2D eigenvalue weighted by Crippen LogP contribution is -2.05. The van der Waals surface area contributed by atoms with E-state index in [4.69, 9.17) is 22.1 Å². The first-order chi connectivity index (χ1) is 10.3. The predicted octanol–water partition coefficient (Wildman–Crippen LogP) is 4.63. The van der Waals surface area contributed by atoms with Gasteiger partial charge < -0.3 is 10.5 Å². The molecule has 0 amide bonds. The molecule has 0 aliphatic heterocycles. The Bertz CT molecular complexity index is 753. The van der Waals surface area contributed by atoms with Crippen molar-refractivity contribution in [2.24, 2.45) is 5.73 Å². The fourth-order valence-electron chi connectivity index (χ4n) is 2.36. The van der Waals surface area contributed by atoms with Crippen molar-refractivity contribution in [2.45, 2.75) is 13.0 Å². The van der Waals surface area contributed by atoms with Gasteiger partial charge in [-0.25, -0.2) is 0 Å². The summed E-state index contributed by atoms with van der Waals surface area (Å²) in [6.07, 6.45) is 0.764. The second-order valence-corrected chi connectivity index (χ2v) is 6.13. The molecule has 0 aliphatic rings. The lowest BCUT2D eigenvalue weighted by molar-refractivity contribution is 0.305. The van der Waals surface area contributed by atoms with Crippen LogP contribution in [-0.2, 0) is 13.0 Å². The summed E-state index contributed by atoms with van der Waals surface area (Å²) >= 11 is 8.00. The van der Waals surface area contributed by atoms with Crippen LogP contribution in [0, 0.1) is 0 Å². The third kappa shape index (κ3) is 3.05. The standard InChI is InChI=1S/C17H16ClNOS/c18-15-6-3-4-12(8-9-19)17(15)20-10-13-11-21-16-7-2-1-5-14(13)16/h1-7,11H,8-10,19H2. The molecule has 4 heteroatoms. The number of hydrogen-bond donors (Lipinski definition) is 1. The van der Waals surface area contributed by atoms with E-state index in [0.29, 0.717) is 18.2 Å². The van der Waals surface area contributed by atoms with Gasteiger partial charge in [-0.15, -0.1) is 11.3 Å². The monoisotopic (exact) mass is 317 g/mol. The van der Waals surface area contributed by atoms with Crippen LogP contribution < -0.4 is 10.5 Å². The van der Waals surface area contributed by atoms with Crippen LogP contribution in [0.25, 0.3) is 10.1 Å². The van der Waals surface area contributed by atoms with Gasteiger partial charge in [-0.3, -0.25) is 0 Å². The smallest absolute Gasteiger partial charge is 0.141 e. The Hall–Kier alpha value is -1.55. The predicted molar refractivity (Wildman–Crippen MR) is 90.4 cm³/mol. The van der Waals surface area contributed by atoms with Crippen molar-refractivity contribution in [1.82, 2.24) is 0 Å². The van der Waals surface area contributed by atoms with E-state index in [9.17, 15) is 0 Å². The summed E-state index contributed by atoms with van der Waals surface area (Å²) in [4.78, 5) is 0. The minimum absolute atomic E-state index is 0.519. The third-order valence-corrected chi connectivity index (χ3v) is 4.71. The number of ether oxygens (including phenoxy) is 1. The number of hydrogen-bond acceptors (Lipinski definition) is 3. The minimum atomic E-state index is 0.519. The quantitative estimate of drug-likeness (QED) is 0.744. The Labute approximate surface area is 133 Å². The first-order valence-electron chi connectivity index (χ1n) is 6.85. The number of fused-ring (bicyclic) bond motifs is 1. The summed E-state index contributed by atoms with van der Waals surface area (Å²) < 4.78 is 7.27. The fraction of sp³-hybridized carbons (Fsp3) is 0.176. The Morgan fingerprint density at radius 2 is 1.90 bits per heavy atom. The summed E-state index contributed by atoms with van der Waals surface area (Å²) in [6.45, 7) is 1.10. The van der Waals surface area contributed by atoms with Gasteiger partial charge in [0, 0.05) is 10.3 Å². The largest absolute Gasteiger partial charge is 0.487 e. The summed E-state index contributed by atoms with van der Waals surface area (Å²) in [7, 11) is 0. The van der Waals surface area contributed by atoms with E-state index in [2.05, 4.69) is 23.6 Å². The van der Waals surface area contributed by atoms with Gasteiger partial charge in [-0.2, -0.15) is 0 Å².